The Kier molecular flexibility index (Phi) is 5.86. The highest BCUT2D eigenvalue weighted by Gasteiger charge is 2.31. The van der Waals surface area contributed by atoms with E-state index in [9.17, 15) is 13.6 Å². The monoisotopic (exact) mass is 488 g/mol. The van der Waals surface area contributed by atoms with Crippen molar-refractivity contribution in [3.05, 3.63) is 24.1 Å². The Morgan fingerprint density at radius 3 is 2.89 bits per heavy atom. The van der Waals surface area contributed by atoms with Crippen LogP contribution in [-0.2, 0) is 11.3 Å². The van der Waals surface area contributed by atoms with Crippen LogP contribution in [0, 0.1) is 5.82 Å². The third-order valence-corrected chi connectivity index (χ3v) is 6.03. The van der Waals surface area contributed by atoms with Crippen molar-refractivity contribution in [2.45, 2.75) is 38.5 Å². The molecule has 5 heterocycles. The van der Waals surface area contributed by atoms with Gasteiger partial charge >= 0.3 is 0 Å². The van der Waals surface area contributed by atoms with E-state index in [2.05, 4.69) is 30.7 Å². The maximum Gasteiger partial charge on any atom is 0.243 e. The van der Waals surface area contributed by atoms with Crippen LogP contribution in [0.25, 0.3) is 27.9 Å². The van der Waals surface area contributed by atoms with Crippen molar-refractivity contribution in [2.24, 2.45) is 0 Å². The lowest BCUT2D eigenvalue weighted by Crippen LogP contribution is -2.49. The first-order chi connectivity index (χ1) is 16.9. The maximum absolute atomic E-state index is 15.1. The summed E-state index contributed by atoms with van der Waals surface area (Å²) in [5, 5.41) is 15.2. The van der Waals surface area contributed by atoms with E-state index in [1.54, 1.807) is 12.1 Å². The molecule has 4 aromatic heterocycles. The predicted octanol–water partition coefficient (Wildman–Crippen LogP) is 1.99. The SMILES string of the molecule is CC(=O)N1CC[C@H](Nc2nc(N)c3c(-c4ccc5nnn(CCCF)c5n4)c(F)cn3n2)[C@H](F)C1. The van der Waals surface area contributed by atoms with Gasteiger partial charge in [0, 0.05) is 20.0 Å². The average molecular weight is 488 g/mol. The summed E-state index contributed by atoms with van der Waals surface area (Å²) in [5.74, 6) is -0.798. The summed E-state index contributed by atoms with van der Waals surface area (Å²) in [6.07, 6.45) is 0.431. The third kappa shape index (κ3) is 4.19. The number of likely N-dealkylation sites (tertiary alicyclic amines) is 1. The first-order valence-electron chi connectivity index (χ1n) is 11.1. The first kappa shape index (κ1) is 22.8. The number of fused-ring (bicyclic) bond motifs is 2. The number of nitrogen functional groups attached to an aromatic ring is 1. The number of pyridine rings is 1. The van der Waals surface area contributed by atoms with Crippen molar-refractivity contribution in [1.82, 2.24) is 39.5 Å². The molecule has 0 unspecified atom stereocenters. The number of aromatic nitrogens is 7. The van der Waals surface area contributed by atoms with Gasteiger partial charge < -0.3 is 16.0 Å². The standard InChI is InChI=1S/C21H23F3N10O/c1-11(35)32-8-5-14(12(23)9-32)27-21-28-19(25)18-17(13(24)10-34(18)30-21)15-3-4-16-20(26-15)33(31-29-16)7-2-6-22/h3-4,10,12,14H,2,5-9H2,1H3,(H3,25,27,28,30)/t12-,14+/m1/s1. The van der Waals surface area contributed by atoms with Crippen molar-refractivity contribution in [3.8, 4) is 11.3 Å². The summed E-state index contributed by atoms with van der Waals surface area (Å²) in [6, 6.07) is 2.60. The van der Waals surface area contributed by atoms with Crippen molar-refractivity contribution in [3.63, 3.8) is 0 Å². The van der Waals surface area contributed by atoms with Gasteiger partial charge in [-0.25, -0.2) is 23.0 Å². The fourth-order valence-corrected chi connectivity index (χ4v) is 4.26. The highest BCUT2D eigenvalue weighted by Crippen LogP contribution is 2.32. The zero-order valence-electron chi connectivity index (χ0n) is 18.8. The zero-order chi connectivity index (χ0) is 24.7. The van der Waals surface area contributed by atoms with E-state index in [0.717, 1.165) is 6.20 Å². The van der Waals surface area contributed by atoms with Gasteiger partial charge in [-0.3, -0.25) is 9.18 Å². The number of hydrogen-bond donors (Lipinski definition) is 2. The molecule has 0 bridgehead atoms. The maximum atomic E-state index is 15.1. The number of piperidine rings is 1. The molecular weight excluding hydrogens is 465 g/mol. The van der Waals surface area contributed by atoms with Crippen LogP contribution >= 0.6 is 0 Å². The van der Waals surface area contributed by atoms with Gasteiger partial charge in [0.25, 0.3) is 0 Å². The fraction of sp³-hybridized carbons (Fsp3) is 0.429. The summed E-state index contributed by atoms with van der Waals surface area (Å²) in [7, 11) is 0. The zero-order valence-corrected chi connectivity index (χ0v) is 18.8. The molecule has 0 spiro atoms. The van der Waals surface area contributed by atoms with Crippen molar-refractivity contribution in [1.29, 1.82) is 0 Å². The first-order valence-corrected chi connectivity index (χ1v) is 11.1. The number of amides is 1. The molecule has 4 aromatic rings. The molecule has 184 valence electrons. The number of halogens is 3. The molecule has 14 heteroatoms. The summed E-state index contributed by atoms with van der Waals surface area (Å²) < 4.78 is 45.0. The van der Waals surface area contributed by atoms with Crippen LogP contribution in [0.15, 0.2) is 18.3 Å². The van der Waals surface area contributed by atoms with Gasteiger partial charge in [-0.1, -0.05) is 5.21 Å². The van der Waals surface area contributed by atoms with Crippen LogP contribution in [0.2, 0.25) is 0 Å². The van der Waals surface area contributed by atoms with Crippen LogP contribution in [0.1, 0.15) is 19.8 Å². The van der Waals surface area contributed by atoms with Gasteiger partial charge in [0.2, 0.25) is 11.9 Å². The lowest BCUT2D eigenvalue weighted by atomic mass is 10.0. The predicted molar refractivity (Wildman–Crippen MR) is 121 cm³/mol. The van der Waals surface area contributed by atoms with E-state index in [1.807, 2.05) is 0 Å². The number of hydrogen-bond acceptors (Lipinski definition) is 8. The van der Waals surface area contributed by atoms with Crippen molar-refractivity contribution in [2.75, 3.05) is 30.8 Å². The number of carbonyl (C=O) groups is 1. The Balaban J connectivity index is 1.47. The van der Waals surface area contributed by atoms with E-state index in [1.165, 1.54) is 21.0 Å². The van der Waals surface area contributed by atoms with Gasteiger partial charge in [-0.2, -0.15) is 4.98 Å². The van der Waals surface area contributed by atoms with E-state index in [-0.39, 0.29) is 54.0 Å². The van der Waals surface area contributed by atoms with E-state index in [4.69, 9.17) is 5.73 Å². The molecule has 0 aliphatic carbocycles. The number of anilines is 2. The molecule has 0 saturated carbocycles. The minimum atomic E-state index is -1.32. The number of nitrogens with two attached hydrogens (primary N) is 1. The summed E-state index contributed by atoms with van der Waals surface area (Å²) in [6.45, 7) is 1.54. The summed E-state index contributed by atoms with van der Waals surface area (Å²) in [4.78, 5) is 21.6. The van der Waals surface area contributed by atoms with Gasteiger partial charge in [-0.05, 0) is 25.0 Å². The van der Waals surface area contributed by atoms with Gasteiger partial charge in [0.15, 0.2) is 17.3 Å². The van der Waals surface area contributed by atoms with E-state index in [0.29, 0.717) is 24.1 Å². The Labute approximate surface area is 197 Å². The molecule has 1 amide bonds. The number of nitrogens with one attached hydrogen (secondary N) is 1. The smallest absolute Gasteiger partial charge is 0.243 e. The number of carbonyl (C=O) groups excluding carboxylic acids is 1. The highest BCUT2D eigenvalue weighted by atomic mass is 19.1. The normalized spacial score (nSPS) is 18.5. The topological polar surface area (TPSA) is 132 Å². The Bertz CT molecular complexity index is 1400. The lowest BCUT2D eigenvalue weighted by molar-refractivity contribution is -0.131. The molecule has 35 heavy (non-hydrogen) atoms. The second-order valence-corrected chi connectivity index (χ2v) is 8.38. The molecule has 1 aliphatic rings. The van der Waals surface area contributed by atoms with Crippen LogP contribution in [0.4, 0.5) is 24.9 Å². The van der Waals surface area contributed by atoms with Crippen LogP contribution in [0.3, 0.4) is 0 Å². The molecule has 1 aliphatic heterocycles. The minimum absolute atomic E-state index is 0.0241. The molecule has 2 atom stereocenters. The Hall–Kier alpha value is -3.97. The largest absolute Gasteiger partial charge is 0.382 e. The highest BCUT2D eigenvalue weighted by molar-refractivity contribution is 5.88. The van der Waals surface area contributed by atoms with Crippen LogP contribution in [-0.4, -0.2) is 77.4 Å². The molecule has 11 nitrogen and oxygen atoms in total. The average Bonchev–Trinajstić information content (AvgIpc) is 3.38. The molecular formula is C21H23F3N10O. The molecule has 0 radical (unpaired) electrons. The Morgan fingerprint density at radius 1 is 1.31 bits per heavy atom. The number of alkyl halides is 2. The molecule has 1 fully saturated rings. The van der Waals surface area contributed by atoms with E-state index < -0.39 is 24.7 Å². The molecule has 3 N–H and O–H groups in total. The molecule has 1 saturated heterocycles. The number of rotatable bonds is 6. The van der Waals surface area contributed by atoms with Crippen LogP contribution < -0.4 is 11.1 Å². The van der Waals surface area contributed by atoms with Gasteiger partial charge in [-0.15, -0.1) is 10.2 Å². The van der Waals surface area contributed by atoms with Crippen LogP contribution in [0.5, 0.6) is 0 Å². The summed E-state index contributed by atoms with van der Waals surface area (Å²) >= 11 is 0. The van der Waals surface area contributed by atoms with Crippen molar-refractivity contribution < 1.29 is 18.0 Å². The van der Waals surface area contributed by atoms with Gasteiger partial charge in [0.1, 0.15) is 17.2 Å². The molecule has 5 rings (SSSR count). The Morgan fingerprint density at radius 2 is 2.14 bits per heavy atom. The number of nitrogens with zero attached hydrogens (tertiary/aromatic N) is 8. The number of aryl methyl sites for hydroxylation is 1. The lowest BCUT2D eigenvalue weighted by Gasteiger charge is -2.34. The minimum Gasteiger partial charge on any atom is -0.382 e. The van der Waals surface area contributed by atoms with E-state index >= 15 is 4.39 Å². The third-order valence-electron chi connectivity index (χ3n) is 6.03. The second kappa shape index (κ2) is 9.00. The van der Waals surface area contributed by atoms with Crippen molar-refractivity contribution >= 4 is 34.4 Å². The molecule has 0 aromatic carbocycles. The fourth-order valence-electron chi connectivity index (χ4n) is 4.26. The quantitative estimate of drug-likeness (QED) is 0.421. The summed E-state index contributed by atoms with van der Waals surface area (Å²) in [5.41, 5.74) is 7.60. The second-order valence-electron chi connectivity index (χ2n) is 8.38. The van der Waals surface area contributed by atoms with Gasteiger partial charge in [0.05, 0.1) is 36.7 Å².